The van der Waals surface area contributed by atoms with Gasteiger partial charge in [0, 0.05) is 17.7 Å². The van der Waals surface area contributed by atoms with Crippen LogP contribution in [0.3, 0.4) is 0 Å². The fourth-order valence-electron chi connectivity index (χ4n) is 3.68. The number of ether oxygens (including phenoxy) is 2. The number of hydrogen-bond acceptors (Lipinski definition) is 4. The third kappa shape index (κ3) is 8.73. The highest BCUT2D eigenvalue weighted by Gasteiger charge is 2.02. The number of benzene rings is 4. The van der Waals surface area contributed by atoms with E-state index in [4.69, 9.17) is 9.47 Å². The predicted octanol–water partition coefficient (Wildman–Crippen LogP) is 8.52. The lowest BCUT2D eigenvalue weighted by atomic mass is 10.1. The summed E-state index contributed by atoms with van der Waals surface area (Å²) in [7, 11) is 0. The summed E-state index contributed by atoms with van der Waals surface area (Å²) in [6.07, 6.45) is 13.5. The molecule has 0 atom stereocenters. The average molecular weight is 543 g/mol. The second kappa shape index (κ2) is 14.0. The van der Waals surface area contributed by atoms with Gasteiger partial charge in [0.2, 0.25) is 0 Å². The lowest BCUT2D eigenvalue weighted by molar-refractivity contribution is -0.129. The second-order valence-electron chi connectivity index (χ2n) is 8.84. The highest BCUT2D eigenvalue weighted by Crippen LogP contribution is 2.19. The zero-order valence-electron chi connectivity index (χ0n) is 22.2. The van der Waals surface area contributed by atoms with Gasteiger partial charge in [-0.2, -0.15) is 0 Å². The Labute approximate surface area is 238 Å². The minimum atomic E-state index is -0.516. The van der Waals surface area contributed by atoms with E-state index >= 15 is 0 Å². The van der Waals surface area contributed by atoms with Crippen molar-refractivity contribution >= 4 is 48.4 Å². The molecule has 0 amide bonds. The number of halogens is 1. The van der Waals surface area contributed by atoms with Crippen molar-refractivity contribution in [3.8, 4) is 11.5 Å². The number of hydrogen-bond donors (Lipinski definition) is 0. The van der Waals surface area contributed by atoms with Crippen molar-refractivity contribution in [2.45, 2.75) is 0 Å². The number of esters is 2. The predicted molar refractivity (Wildman–Crippen MR) is 164 cm³/mol. The van der Waals surface area contributed by atoms with Gasteiger partial charge in [0.1, 0.15) is 17.3 Å². The molecular weight excluding hydrogens is 515 g/mol. The Kier molecular flexibility index (Phi) is 9.73. The van der Waals surface area contributed by atoms with E-state index in [1.807, 2.05) is 72.8 Å². The minimum Gasteiger partial charge on any atom is -0.423 e. The Balaban J connectivity index is 1.33. The fraction of sp³-hybridized carbons (Fsp3) is 0. The van der Waals surface area contributed by atoms with Crippen molar-refractivity contribution in [3.63, 3.8) is 0 Å². The summed E-state index contributed by atoms with van der Waals surface area (Å²) in [5.74, 6) is -0.441. The van der Waals surface area contributed by atoms with Gasteiger partial charge in [-0.3, -0.25) is 0 Å². The molecule has 4 rings (SSSR count). The van der Waals surface area contributed by atoms with Crippen LogP contribution in [-0.2, 0) is 9.59 Å². The first-order valence-electron chi connectivity index (χ1n) is 12.7. The lowest BCUT2D eigenvalue weighted by Gasteiger charge is -2.02. The Morgan fingerprint density at radius 1 is 0.512 bits per heavy atom. The lowest BCUT2D eigenvalue weighted by Crippen LogP contribution is -2.02. The van der Waals surface area contributed by atoms with Gasteiger partial charge in [-0.25, -0.2) is 14.0 Å². The number of carbonyl (C=O) groups is 2. The smallest absolute Gasteiger partial charge is 0.335 e. The van der Waals surface area contributed by atoms with E-state index in [1.54, 1.807) is 48.5 Å². The molecule has 41 heavy (non-hydrogen) atoms. The van der Waals surface area contributed by atoms with Crippen molar-refractivity contribution in [1.82, 2.24) is 0 Å². The number of rotatable bonds is 10. The molecule has 0 N–H and O–H groups in total. The van der Waals surface area contributed by atoms with Crippen LogP contribution in [0.15, 0.2) is 116 Å². The maximum absolute atomic E-state index is 14.7. The first kappa shape index (κ1) is 28.5. The van der Waals surface area contributed by atoms with Gasteiger partial charge >= 0.3 is 11.9 Å². The van der Waals surface area contributed by atoms with Crippen molar-refractivity contribution in [2.24, 2.45) is 0 Å². The molecule has 0 spiro atoms. The molecule has 0 saturated carbocycles. The van der Waals surface area contributed by atoms with Gasteiger partial charge in [0.15, 0.2) is 0 Å². The third-order valence-electron chi connectivity index (χ3n) is 5.88. The molecule has 0 aliphatic rings. The summed E-state index contributed by atoms with van der Waals surface area (Å²) in [5.41, 5.74) is 5.02. The molecule has 4 nitrogen and oxygen atoms in total. The minimum absolute atomic E-state index is 0.320. The summed E-state index contributed by atoms with van der Waals surface area (Å²) in [6, 6.07) is 27.1. The van der Waals surface area contributed by atoms with E-state index < -0.39 is 11.9 Å². The largest absolute Gasteiger partial charge is 0.423 e. The zero-order valence-corrected chi connectivity index (χ0v) is 22.2. The first-order chi connectivity index (χ1) is 19.9. The van der Waals surface area contributed by atoms with Crippen LogP contribution in [0.1, 0.15) is 33.4 Å². The Bertz CT molecular complexity index is 1630. The molecule has 0 unspecified atom stereocenters. The molecule has 0 aliphatic heterocycles. The Morgan fingerprint density at radius 3 is 1.24 bits per heavy atom. The van der Waals surface area contributed by atoms with Gasteiger partial charge in [-0.15, -0.1) is 0 Å². The normalized spacial score (nSPS) is 11.1. The van der Waals surface area contributed by atoms with E-state index in [-0.39, 0.29) is 5.82 Å². The van der Waals surface area contributed by atoms with Crippen LogP contribution in [0, 0.1) is 5.82 Å². The molecule has 0 saturated heterocycles. The quantitative estimate of drug-likeness (QED) is 0.0872. The van der Waals surface area contributed by atoms with Crippen molar-refractivity contribution in [2.75, 3.05) is 0 Å². The summed E-state index contributed by atoms with van der Waals surface area (Å²) in [4.78, 5) is 22.5. The van der Waals surface area contributed by atoms with Gasteiger partial charge in [0.05, 0.1) is 0 Å². The summed E-state index contributed by atoms with van der Waals surface area (Å²) < 4.78 is 24.9. The number of carbonyl (C=O) groups excluding carboxylic acids is 2. The molecule has 0 radical (unpaired) electrons. The SMILES string of the molecule is C=CC(=O)Oc1ccc(/C=C/c2ccc(/C=C/c3ccc(/C=C/c4ccc(OC(=O)C=C)cc4)cc3F)cc2)cc1. The van der Waals surface area contributed by atoms with E-state index in [0.29, 0.717) is 17.1 Å². The molecule has 0 fully saturated rings. The van der Waals surface area contributed by atoms with Crippen molar-refractivity contribution < 1.29 is 23.5 Å². The average Bonchev–Trinajstić information content (AvgIpc) is 3.00. The maximum Gasteiger partial charge on any atom is 0.335 e. The van der Waals surface area contributed by atoms with Gasteiger partial charge in [-0.1, -0.05) is 110 Å². The molecule has 5 heteroatoms. The molecule has 4 aromatic carbocycles. The highest BCUT2D eigenvalue weighted by atomic mass is 19.1. The fourth-order valence-corrected chi connectivity index (χ4v) is 3.68. The zero-order chi connectivity index (χ0) is 29.0. The Morgan fingerprint density at radius 2 is 0.854 bits per heavy atom. The van der Waals surface area contributed by atoms with Crippen LogP contribution in [0.2, 0.25) is 0 Å². The van der Waals surface area contributed by atoms with Gasteiger partial charge in [-0.05, 0) is 58.1 Å². The van der Waals surface area contributed by atoms with Crippen LogP contribution >= 0.6 is 0 Å². The van der Waals surface area contributed by atoms with E-state index in [2.05, 4.69) is 13.2 Å². The van der Waals surface area contributed by atoms with Crippen LogP contribution in [0.4, 0.5) is 4.39 Å². The standard InChI is InChI=1S/C36H27FO4/c1-3-35(38)40-32-21-15-28(16-22-32)10-7-26-5-8-27(9-6-26)13-19-31-20-14-30(25-34(31)37)12-11-29-17-23-33(24-18-29)41-36(39)4-2/h3-25H,1-2H2/b10-7+,12-11+,19-13+. The monoisotopic (exact) mass is 542 g/mol. The van der Waals surface area contributed by atoms with Crippen molar-refractivity contribution in [1.29, 1.82) is 0 Å². The molecule has 0 aliphatic carbocycles. The molecular formula is C36H27FO4. The van der Waals surface area contributed by atoms with E-state index in [1.165, 1.54) is 6.07 Å². The first-order valence-corrected chi connectivity index (χ1v) is 12.7. The van der Waals surface area contributed by atoms with Gasteiger partial charge < -0.3 is 9.47 Å². The molecule has 0 bridgehead atoms. The molecule has 0 aromatic heterocycles. The summed E-state index contributed by atoms with van der Waals surface area (Å²) in [5, 5.41) is 0. The maximum atomic E-state index is 14.7. The summed E-state index contributed by atoms with van der Waals surface area (Å²) in [6.45, 7) is 6.75. The highest BCUT2D eigenvalue weighted by molar-refractivity contribution is 5.84. The topological polar surface area (TPSA) is 52.6 Å². The second-order valence-corrected chi connectivity index (χ2v) is 8.84. The van der Waals surface area contributed by atoms with Crippen molar-refractivity contribution in [3.05, 3.63) is 156 Å². The van der Waals surface area contributed by atoms with Crippen LogP contribution in [-0.4, -0.2) is 11.9 Å². The van der Waals surface area contributed by atoms with Crippen LogP contribution in [0.5, 0.6) is 11.5 Å². The van der Waals surface area contributed by atoms with Crippen LogP contribution < -0.4 is 9.47 Å². The molecule has 4 aromatic rings. The van der Waals surface area contributed by atoms with E-state index in [0.717, 1.165) is 40.0 Å². The summed E-state index contributed by atoms with van der Waals surface area (Å²) >= 11 is 0. The molecule has 0 heterocycles. The third-order valence-corrected chi connectivity index (χ3v) is 5.88. The molecule has 202 valence electrons. The van der Waals surface area contributed by atoms with Crippen LogP contribution in [0.25, 0.3) is 36.5 Å². The van der Waals surface area contributed by atoms with Gasteiger partial charge in [0.25, 0.3) is 0 Å². The van der Waals surface area contributed by atoms with E-state index in [9.17, 15) is 14.0 Å². The Hall–Kier alpha value is -5.55.